The molecule has 2 aliphatic rings. The molecule has 0 spiro atoms. The minimum atomic E-state index is -0.606. The topological polar surface area (TPSA) is 86.3 Å². The summed E-state index contributed by atoms with van der Waals surface area (Å²) in [6, 6.07) is 1.93. The van der Waals surface area contributed by atoms with E-state index in [2.05, 4.69) is 29.1 Å². The molecule has 2 fully saturated rings. The van der Waals surface area contributed by atoms with Crippen molar-refractivity contribution in [1.29, 1.82) is 0 Å². The summed E-state index contributed by atoms with van der Waals surface area (Å²) < 4.78 is 13.2. The number of piperidine rings is 1. The predicted octanol–water partition coefficient (Wildman–Crippen LogP) is 3.06. The van der Waals surface area contributed by atoms with Crippen molar-refractivity contribution in [3.8, 4) is 0 Å². The highest BCUT2D eigenvalue weighted by atomic mass is 16.5. The number of hydrogen-bond acceptors (Lipinski definition) is 6. The highest BCUT2D eigenvalue weighted by Crippen LogP contribution is 2.41. The van der Waals surface area contributed by atoms with Gasteiger partial charge in [-0.3, -0.25) is 9.48 Å². The Balaban J connectivity index is 1.48. The third kappa shape index (κ3) is 3.34. The Bertz CT molecular complexity index is 844. The minimum Gasteiger partial charge on any atom is -0.368 e. The van der Waals surface area contributed by atoms with Gasteiger partial charge in [0.1, 0.15) is 11.3 Å². The van der Waals surface area contributed by atoms with Gasteiger partial charge >= 0.3 is 0 Å². The lowest BCUT2D eigenvalue weighted by Gasteiger charge is -2.38. The molecular formula is C20H29N5O3. The summed E-state index contributed by atoms with van der Waals surface area (Å²) in [5.74, 6) is 2.09. The van der Waals surface area contributed by atoms with Gasteiger partial charge in [0, 0.05) is 45.5 Å². The first-order chi connectivity index (χ1) is 13.5. The maximum absolute atomic E-state index is 13.1. The van der Waals surface area contributed by atoms with Crippen LogP contribution in [0.25, 0.3) is 0 Å². The maximum Gasteiger partial charge on any atom is 0.272 e. The number of rotatable bonds is 6. The Hall–Kier alpha value is -2.22. The van der Waals surface area contributed by atoms with E-state index in [-0.39, 0.29) is 5.91 Å². The average molecular weight is 387 g/mol. The number of amides is 1. The molecular weight excluding hydrogens is 358 g/mol. The number of aryl methyl sites for hydroxylation is 1. The van der Waals surface area contributed by atoms with E-state index in [1.165, 1.54) is 0 Å². The van der Waals surface area contributed by atoms with Gasteiger partial charge in [0.2, 0.25) is 0 Å². The Morgan fingerprint density at radius 3 is 2.64 bits per heavy atom. The molecule has 3 heterocycles. The first-order valence-corrected chi connectivity index (χ1v) is 10.2. The summed E-state index contributed by atoms with van der Waals surface area (Å²) in [6.45, 7) is 8.03. The largest absolute Gasteiger partial charge is 0.368 e. The first kappa shape index (κ1) is 19.1. The summed E-state index contributed by atoms with van der Waals surface area (Å²) in [4.78, 5) is 19.6. The monoisotopic (exact) mass is 387 g/mol. The smallest absolute Gasteiger partial charge is 0.272 e. The molecule has 0 aromatic carbocycles. The molecule has 1 aliphatic carbocycles. The number of carbonyl (C=O) groups is 1. The van der Waals surface area contributed by atoms with Crippen LogP contribution in [0.5, 0.6) is 0 Å². The molecule has 2 aromatic heterocycles. The summed E-state index contributed by atoms with van der Waals surface area (Å²) >= 11 is 0. The molecule has 4 rings (SSSR count). The molecule has 1 aliphatic heterocycles. The Kier molecular flexibility index (Phi) is 4.99. The SMILES string of the molecule is CCn1nc(C(C)C)cc1C(=O)N1CCC(OC)(c2nc(C3CC3)no2)CC1. The van der Waals surface area contributed by atoms with Crippen molar-refractivity contribution in [1.82, 2.24) is 24.8 Å². The number of aromatic nitrogens is 4. The fourth-order valence-electron chi connectivity index (χ4n) is 3.80. The van der Waals surface area contributed by atoms with Crippen LogP contribution in [0.3, 0.4) is 0 Å². The van der Waals surface area contributed by atoms with Crippen LogP contribution >= 0.6 is 0 Å². The summed E-state index contributed by atoms with van der Waals surface area (Å²) in [6.07, 6.45) is 3.53. The van der Waals surface area contributed by atoms with Gasteiger partial charge in [0.15, 0.2) is 5.82 Å². The average Bonchev–Trinajstić information content (AvgIpc) is 3.27. The van der Waals surface area contributed by atoms with Crippen LogP contribution in [-0.4, -0.2) is 50.9 Å². The molecule has 1 saturated heterocycles. The van der Waals surface area contributed by atoms with E-state index in [0.29, 0.717) is 55.9 Å². The summed E-state index contributed by atoms with van der Waals surface area (Å²) in [5, 5.41) is 8.70. The van der Waals surface area contributed by atoms with Crippen molar-refractivity contribution >= 4 is 5.91 Å². The molecule has 0 radical (unpaired) electrons. The number of nitrogens with zero attached hydrogens (tertiary/aromatic N) is 5. The number of carbonyl (C=O) groups excluding carboxylic acids is 1. The lowest BCUT2D eigenvalue weighted by molar-refractivity contribution is -0.0780. The van der Waals surface area contributed by atoms with Gasteiger partial charge in [-0.1, -0.05) is 19.0 Å². The van der Waals surface area contributed by atoms with Crippen LogP contribution in [0, 0.1) is 0 Å². The van der Waals surface area contributed by atoms with Gasteiger partial charge in [0.05, 0.1) is 5.69 Å². The third-order valence-electron chi connectivity index (χ3n) is 5.93. The minimum absolute atomic E-state index is 0.0233. The molecule has 8 heteroatoms. The molecule has 0 unspecified atom stereocenters. The van der Waals surface area contributed by atoms with Crippen molar-refractivity contribution in [2.24, 2.45) is 0 Å². The van der Waals surface area contributed by atoms with Gasteiger partial charge in [-0.25, -0.2) is 0 Å². The normalized spacial score (nSPS) is 19.4. The van der Waals surface area contributed by atoms with E-state index in [0.717, 1.165) is 24.4 Å². The third-order valence-corrected chi connectivity index (χ3v) is 5.93. The molecule has 1 amide bonds. The van der Waals surface area contributed by atoms with Crippen LogP contribution in [0.2, 0.25) is 0 Å². The van der Waals surface area contributed by atoms with Crippen molar-refractivity contribution in [3.63, 3.8) is 0 Å². The lowest BCUT2D eigenvalue weighted by atomic mass is 9.90. The summed E-state index contributed by atoms with van der Waals surface area (Å²) in [7, 11) is 1.68. The Morgan fingerprint density at radius 1 is 1.36 bits per heavy atom. The van der Waals surface area contributed by atoms with Crippen LogP contribution in [0.15, 0.2) is 10.6 Å². The van der Waals surface area contributed by atoms with Crippen LogP contribution in [0.4, 0.5) is 0 Å². The fraction of sp³-hybridized carbons (Fsp3) is 0.700. The molecule has 1 saturated carbocycles. The number of hydrogen-bond donors (Lipinski definition) is 0. The molecule has 0 N–H and O–H groups in total. The zero-order valence-electron chi connectivity index (χ0n) is 17.1. The van der Waals surface area contributed by atoms with E-state index in [4.69, 9.17) is 9.26 Å². The van der Waals surface area contributed by atoms with E-state index in [9.17, 15) is 4.79 Å². The highest BCUT2D eigenvalue weighted by Gasteiger charge is 2.43. The second kappa shape index (κ2) is 7.31. The van der Waals surface area contributed by atoms with Crippen LogP contribution in [0.1, 0.15) is 86.2 Å². The molecule has 0 bridgehead atoms. The maximum atomic E-state index is 13.1. The van der Waals surface area contributed by atoms with Gasteiger partial charge in [-0.15, -0.1) is 0 Å². The van der Waals surface area contributed by atoms with Gasteiger partial charge < -0.3 is 14.2 Å². The molecule has 0 atom stereocenters. The van der Waals surface area contributed by atoms with Crippen molar-refractivity contribution in [2.45, 2.75) is 70.4 Å². The number of methoxy groups -OCH3 is 1. The molecule has 2 aromatic rings. The van der Waals surface area contributed by atoms with E-state index in [1.54, 1.807) is 11.8 Å². The summed E-state index contributed by atoms with van der Waals surface area (Å²) in [5.41, 5.74) is 1.00. The van der Waals surface area contributed by atoms with Crippen molar-refractivity contribution in [2.75, 3.05) is 20.2 Å². The second-order valence-corrected chi connectivity index (χ2v) is 8.15. The molecule has 152 valence electrons. The molecule has 28 heavy (non-hydrogen) atoms. The van der Waals surface area contributed by atoms with Gasteiger partial charge in [-0.2, -0.15) is 10.1 Å². The van der Waals surface area contributed by atoms with Crippen LogP contribution < -0.4 is 0 Å². The van der Waals surface area contributed by atoms with E-state index in [1.807, 2.05) is 17.9 Å². The standard InChI is InChI=1S/C20H29N5O3/c1-5-25-16(12-15(22-25)13(2)3)18(26)24-10-8-20(27-4,9-11-24)19-21-17(23-28-19)14-6-7-14/h12-14H,5-11H2,1-4H3. The Labute approximate surface area is 165 Å². The van der Waals surface area contributed by atoms with Gasteiger partial charge in [0.25, 0.3) is 11.8 Å². The fourth-order valence-corrected chi connectivity index (χ4v) is 3.80. The zero-order valence-corrected chi connectivity index (χ0v) is 17.1. The zero-order chi connectivity index (χ0) is 19.9. The van der Waals surface area contributed by atoms with Gasteiger partial charge in [-0.05, 0) is 31.7 Å². The lowest BCUT2D eigenvalue weighted by Crippen LogP contribution is -2.46. The highest BCUT2D eigenvalue weighted by molar-refractivity contribution is 5.92. The van der Waals surface area contributed by atoms with Crippen molar-refractivity contribution in [3.05, 3.63) is 29.2 Å². The Morgan fingerprint density at radius 2 is 2.07 bits per heavy atom. The van der Waals surface area contributed by atoms with E-state index < -0.39 is 5.60 Å². The number of ether oxygens (including phenoxy) is 1. The second-order valence-electron chi connectivity index (χ2n) is 8.15. The van der Waals surface area contributed by atoms with Crippen LogP contribution in [-0.2, 0) is 16.9 Å². The molecule has 8 nitrogen and oxygen atoms in total. The van der Waals surface area contributed by atoms with Crippen molar-refractivity contribution < 1.29 is 14.1 Å². The predicted molar refractivity (Wildman–Crippen MR) is 102 cm³/mol. The first-order valence-electron chi connectivity index (χ1n) is 10.2. The number of likely N-dealkylation sites (tertiary alicyclic amines) is 1. The quantitative estimate of drug-likeness (QED) is 0.757. The van der Waals surface area contributed by atoms with E-state index >= 15 is 0 Å².